The van der Waals surface area contributed by atoms with Crippen LogP contribution in [0.2, 0.25) is 0 Å². The molecule has 1 aromatic heterocycles. The van der Waals surface area contributed by atoms with E-state index in [0.717, 1.165) is 10.6 Å². The van der Waals surface area contributed by atoms with Gasteiger partial charge in [-0.25, -0.2) is 4.79 Å². The number of aromatic nitrogens is 2. The first-order valence-electron chi connectivity index (χ1n) is 5.17. The third kappa shape index (κ3) is 2.98. The number of thioether (sulfide) groups is 1. The van der Waals surface area contributed by atoms with Crippen molar-refractivity contribution in [3.8, 4) is 0 Å². The number of nitrogens with zero attached hydrogens (tertiary/aromatic N) is 2. The predicted molar refractivity (Wildman–Crippen MR) is 70.5 cm³/mol. The lowest BCUT2D eigenvalue weighted by Crippen LogP contribution is -2.03. The Morgan fingerprint density at radius 1 is 1.28 bits per heavy atom. The van der Waals surface area contributed by atoms with Crippen molar-refractivity contribution in [3.05, 3.63) is 42.1 Å². The van der Waals surface area contributed by atoms with E-state index < -0.39 is 5.97 Å². The molecule has 0 aliphatic rings. The van der Waals surface area contributed by atoms with Gasteiger partial charge >= 0.3 is 5.97 Å². The number of carboxylic acid groups (broad SMARTS) is 1. The quantitative estimate of drug-likeness (QED) is 0.824. The largest absolute Gasteiger partial charge is 0.476 e. The van der Waals surface area contributed by atoms with Crippen LogP contribution in [0, 0.1) is 0 Å². The number of carboxylic acids is 1. The standard InChI is InChI=1S/C12H11N3O2S/c1-18-9-4-2-3-8(7-9)13-11-6-5-10(12(16)17)14-15-11/h2-7H,1H3,(H,13,15)(H,16,17). The summed E-state index contributed by atoms with van der Waals surface area (Å²) in [5.41, 5.74) is 0.817. The molecule has 0 amide bonds. The first-order valence-corrected chi connectivity index (χ1v) is 6.39. The Labute approximate surface area is 108 Å². The Morgan fingerprint density at radius 3 is 2.72 bits per heavy atom. The topological polar surface area (TPSA) is 75.1 Å². The smallest absolute Gasteiger partial charge is 0.356 e. The molecule has 5 nitrogen and oxygen atoms in total. The van der Waals surface area contributed by atoms with Gasteiger partial charge in [0.25, 0.3) is 0 Å². The third-order valence-electron chi connectivity index (χ3n) is 2.23. The first kappa shape index (κ1) is 12.4. The average Bonchev–Trinajstić information content (AvgIpc) is 2.39. The monoisotopic (exact) mass is 261 g/mol. The lowest BCUT2D eigenvalue weighted by Gasteiger charge is -2.06. The minimum atomic E-state index is -1.08. The van der Waals surface area contributed by atoms with E-state index in [1.807, 2.05) is 30.5 Å². The van der Waals surface area contributed by atoms with Crippen molar-refractivity contribution in [2.24, 2.45) is 0 Å². The van der Waals surface area contributed by atoms with E-state index in [2.05, 4.69) is 15.5 Å². The minimum Gasteiger partial charge on any atom is -0.476 e. The summed E-state index contributed by atoms with van der Waals surface area (Å²) in [5.74, 6) is -0.573. The van der Waals surface area contributed by atoms with Crippen molar-refractivity contribution < 1.29 is 9.90 Å². The van der Waals surface area contributed by atoms with Crippen LogP contribution in [0.25, 0.3) is 0 Å². The fourth-order valence-electron chi connectivity index (χ4n) is 1.36. The van der Waals surface area contributed by atoms with Gasteiger partial charge in [0, 0.05) is 10.6 Å². The highest BCUT2D eigenvalue weighted by atomic mass is 32.2. The van der Waals surface area contributed by atoms with Gasteiger partial charge in [-0.05, 0) is 36.6 Å². The maximum absolute atomic E-state index is 10.6. The molecule has 2 N–H and O–H groups in total. The third-order valence-corrected chi connectivity index (χ3v) is 2.95. The van der Waals surface area contributed by atoms with E-state index in [0.29, 0.717) is 5.82 Å². The summed E-state index contributed by atoms with van der Waals surface area (Å²) in [6.45, 7) is 0. The predicted octanol–water partition coefficient (Wildman–Crippen LogP) is 2.64. The second kappa shape index (κ2) is 5.50. The second-order valence-corrected chi connectivity index (χ2v) is 4.35. The van der Waals surface area contributed by atoms with Crippen LogP contribution in [0.5, 0.6) is 0 Å². The lowest BCUT2D eigenvalue weighted by molar-refractivity contribution is 0.0689. The van der Waals surface area contributed by atoms with Crippen molar-refractivity contribution in [3.63, 3.8) is 0 Å². The molecule has 0 saturated heterocycles. The van der Waals surface area contributed by atoms with E-state index >= 15 is 0 Å². The van der Waals surface area contributed by atoms with Crippen LogP contribution in [0.1, 0.15) is 10.5 Å². The summed E-state index contributed by atoms with van der Waals surface area (Å²) < 4.78 is 0. The molecular formula is C12H11N3O2S. The zero-order chi connectivity index (χ0) is 13.0. The van der Waals surface area contributed by atoms with Crippen LogP contribution in [0.15, 0.2) is 41.3 Å². The van der Waals surface area contributed by atoms with Gasteiger partial charge < -0.3 is 10.4 Å². The molecule has 1 heterocycles. The molecule has 0 aliphatic carbocycles. The Morgan fingerprint density at radius 2 is 2.11 bits per heavy atom. The molecule has 1 aromatic carbocycles. The van der Waals surface area contributed by atoms with Gasteiger partial charge in [0.15, 0.2) is 11.5 Å². The molecule has 0 bridgehead atoms. The van der Waals surface area contributed by atoms with Crippen molar-refractivity contribution >= 4 is 29.2 Å². The van der Waals surface area contributed by atoms with Crippen molar-refractivity contribution in [2.45, 2.75) is 4.90 Å². The minimum absolute atomic E-state index is 0.0709. The number of rotatable bonds is 4. The zero-order valence-corrected chi connectivity index (χ0v) is 10.4. The molecule has 0 spiro atoms. The van der Waals surface area contributed by atoms with Crippen molar-refractivity contribution in [1.29, 1.82) is 0 Å². The maximum Gasteiger partial charge on any atom is 0.356 e. The van der Waals surface area contributed by atoms with Gasteiger partial charge in [-0.2, -0.15) is 0 Å². The molecular weight excluding hydrogens is 250 g/mol. The van der Waals surface area contributed by atoms with Crippen molar-refractivity contribution in [1.82, 2.24) is 10.2 Å². The van der Waals surface area contributed by atoms with Crippen LogP contribution in [0.3, 0.4) is 0 Å². The molecule has 2 aromatic rings. The summed E-state index contributed by atoms with van der Waals surface area (Å²) in [6.07, 6.45) is 2.00. The fourth-order valence-corrected chi connectivity index (χ4v) is 1.82. The summed E-state index contributed by atoms with van der Waals surface area (Å²) >= 11 is 1.65. The molecule has 18 heavy (non-hydrogen) atoms. The number of benzene rings is 1. The number of hydrogen-bond acceptors (Lipinski definition) is 5. The van der Waals surface area contributed by atoms with Gasteiger partial charge in [-0.15, -0.1) is 22.0 Å². The van der Waals surface area contributed by atoms with Gasteiger partial charge in [0.05, 0.1) is 0 Å². The molecule has 0 unspecified atom stereocenters. The second-order valence-electron chi connectivity index (χ2n) is 3.47. The summed E-state index contributed by atoms with van der Waals surface area (Å²) in [6, 6.07) is 10.8. The molecule has 0 fully saturated rings. The SMILES string of the molecule is CSc1cccc(Nc2ccc(C(=O)O)nn2)c1. The number of hydrogen-bond donors (Lipinski definition) is 2. The number of anilines is 2. The molecule has 0 saturated carbocycles. The lowest BCUT2D eigenvalue weighted by atomic mass is 10.3. The van der Waals surface area contributed by atoms with Crippen LogP contribution in [-0.4, -0.2) is 27.5 Å². The van der Waals surface area contributed by atoms with E-state index in [1.165, 1.54) is 6.07 Å². The molecule has 2 rings (SSSR count). The normalized spacial score (nSPS) is 10.1. The first-order chi connectivity index (χ1) is 8.69. The Hall–Kier alpha value is -2.08. The summed E-state index contributed by atoms with van der Waals surface area (Å²) in [7, 11) is 0. The Balaban J connectivity index is 2.15. The summed E-state index contributed by atoms with van der Waals surface area (Å²) in [4.78, 5) is 11.8. The molecule has 0 aliphatic heterocycles. The van der Waals surface area contributed by atoms with Gasteiger partial charge in [0.2, 0.25) is 0 Å². The molecule has 92 valence electrons. The van der Waals surface area contributed by atoms with Crippen LogP contribution in [-0.2, 0) is 0 Å². The van der Waals surface area contributed by atoms with Gasteiger partial charge in [-0.3, -0.25) is 0 Å². The van der Waals surface area contributed by atoms with E-state index in [1.54, 1.807) is 17.8 Å². The maximum atomic E-state index is 10.6. The Kier molecular flexibility index (Phi) is 3.78. The van der Waals surface area contributed by atoms with Crippen LogP contribution >= 0.6 is 11.8 Å². The highest BCUT2D eigenvalue weighted by Gasteiger charge is 2.05. The fraction of sp³-hybridized carbons (Fsp3) is 0.0833. The molecule has 0 radical (unpaired) electrons. The summed E-state index contributed by atoms with van der Waals surface area (Å²) in [5, 5.41) is 19.2. The highest BCUT2D eigenvalue weighted by molar-refractivity contribution is 7.98. The van der Waals surface area contributed by atoms with E-state index in [4.69, 9.17) is 5.11 Å². The van der Waals surface area contributed by atoms with E-state index in [-0.39, 0.29) is 5.69 Å². The number of nitrogens with one attached hydrogen (secondary N) is 1. The van der Waals surface area contributed by atoms with Crippen LogP contribution < -0.4 is 5.32 Å². The molecule has 0 atom stereocenters. The highest BCUT2D eigenvalue weighted by Crippen LogP contribution is 2.21. The van der Waals surface area contributed by atoms with Crippen molar-refractivity contribution in [2.75, 3.05) is 11.6 Å². The van der Waals surface area contributed by atoms with Crippen LogP contribution in [0.4, 0.5) is 11.5 Å². The zero-order valence-electron chi connectivity index (χ0n) is 9.62. The number of aromatic carboxylic acids is 1. The number of carbonyl (C=O) groups is 1. The van der Waals surface area contributed by atoms with Gasteiger partial charge in [-0.1, -0.05) is 6.07 Å². The molecule has 6 heteroatoms. The average molecular weight is 261 g/mol. The van der Waals surface area contributed by atoms with Gasteiger partial charge in [0.1, 0.15) is 0 Å². The van der Waals surface area contributed by atoms with E-state index in [9.17, 15) is 4.79 Å². The Bertz CT molecular complexity index is 558.